The summed E-state index contributed by atoms with van der Waals surface area (Å²) in [5.74, 6) is -0.626. The van der Waals surface area contributed by atoms with Gasteiger partial charge in [-0.2, -0.15) is 0 Å². The third-order valence-corrected chi connectivity index (χ3v) is 15.3. The Hall–Kier alpha value is -4.87. The first-order valence-corrected chi connectivity index (χ1v) is 23.3. The molecular weight excluding hydrogens is 797 g/mol. The predicted molar refractivity (Wildman–Crippen MR) is 230 cm³/mol. The molecule has 315 valence electrons. The number of hydrogen-bond acceptors (Lipinski definition) is 12. The zero-order chi connectivity index (χ0) is 42.3. The van der Waals surface area contributed by atoms with Crippen LogP contribution in [0.3, 0.4) is 0 Å². The zero-order valence-electron chi connectivity index (χ0n) is 35.2. The molecule has 1 saturated carbocycles. The number of amides is 2. The topological polar surface area (TPSA) is 163 Å². The van der Waals surface area contributed by atoms with Crippen molar-refractivity contribution in [3.05, 3.63) is 82.5 Å². The van der Waals surface area contributed by atoms with Crippen molar-refractivity contribution in [3.63, 3.8) is 0 Å². The first kappa shape index (κ1) is 41.8. The second-order valence-electron chi connectivity index (χ2n) is 16.7. The van der Waals surface area contributed by atoms with Crippen LogP contribution >= 0.6 is 11.3 Å². The number of cyclic esters (lactones) is 1. The maximum atomic E-state index is 14.8. The van der Waals surface area contributed by atoms with Gasteiger partial charge in [0.1, 0.15) is 22.6 Å². The number of aromatic nitrogens is 5. The fraction of sp³-hybridized carbons (Fsp3) is 0.477. The smallest absolute Gasteiger partial charge is 0.324 e. The molecule has 2 amide bonds. The minimum atomic E-state index is -2.59. The number of pyridine rings is 1. The number of esters is 1. The molecule has 2 N–H and O–H groups in total. The summed E-state index contributed by atoms with van der Waals surface area (Å²) in [6.45, 7) is 13.8. The molecule has 0 spiro atoms. The summed E-state index contributed by atoms with van der Waals surface area (Å²) in [6, 6.07) is 11.5. The van der Waals surface area contributed by atoms with Crippen LogP contribution in [0, 0.1) is 17.3 Å². The van der Waals surface area contributed by atoms with Crippen LogP contribution in [0.25, 0.3) is 33.4 Å². The number of thiazole rings is 1. The molecule has 6 atom stereocenters. The molecule has 2 fully saturated rings. The molecule has 5 aromatic rings. The Morgan fingerprint density at radius 1 is 1.13 bits per heavy atom. The van der Waals surface area contributed by atoms with Gasteiger partial charge >= 0.3 is 14.9 Å². The molecule has 1 radical (unpaired) electrons. The lowest BCUT2D eigenvalue weighted by molar-refractivity contribution is -0.151. The third-order valence-electron chi connectivity index (χ3n) is 12.0. The van der Waals surface area contributed by atoms with Gasteiger partial charge in [-0.15, -0.1) is 11.3 Å². The highest BCUT2D eigenvalue weighted by Crippen LogP contribution is 2.52. The minimum Gasteiger partial charge on any atom is -0.464 e. The molecule has 1 saturated heterocycles. The number of hydrazine groups is 1. The first-order chi connectivity index (χ1) is 28.9. The Labute approximate surface area is 356 Å². The molecule has 3 aliphatic rings. The van der Waals surface area contributed by atoms with E-state index in [2.05, 4.69) is 70.0 Å². The van der Waals surface area contributed by atoms with E-state index in [0.717, 1.165) is 44.7 Å². The van der Waals surface area contributed by atoms with E-state index in [1.807, 2.05) is 32.2 Å². The molecule has 8 rings (SSSR count). The number of fused-ring (bicyclic) bond motifs is 6. The van der Waals surface area contributed by atoms with Gasteiger partial charge < -0.3 is 23.8 Å². The van der Waals surface area contributed by atoms with Crippen molar-refractivity contribution in [2.75, 3.05) is 26.9 Å². The lowest BCUT2D eigenvalue weighted by Gasteiger charge is -2.36. The number of nitrogens with zero attached hydrogens (tertiary/aromatic N) is 6. The van der Waals surface area contributed by atoms with Crippen LogP contribution in [0.1, 0.15) is 94.2 Å². The van der Waals surface area contributed by atoms with E-state index in [1.54, 1.807) is 31.8 Å². The van der Waals surface area contributed by atoms with E-state index < -0.39 is 38.0 Å². The quantitative estimate of drug-likeness (QED) is 0.117. The van der Waals surface area contributed by atoms with Crippen molar-refractivity contribution in [2.45, 2.75) is 91.1 Å². The van der Waals surface area contributed by atoms with E-state index in [4.69, 9.17) is 24.2 Å². The summed E-state index contributed by atoms with van der Waals surface area (Å²) in [5.41, 5.74) is 8.29. The molecule has 4 aromatic heterocycles. The number of carbonyl (C=O) groups is 3. The maximum absolute atomic E-state index is 14.8. The molecule has 16 heteroatoms. The van der Waals surface area contributed by atoms with Crippen molar-refractivity contribution >= 4 is 48.6 Å². The van der Waals surface area contributed by atoms with Crippen molar-refractivity contribution in [1.29, 1.82) is 0 Å². The normalized spacial score (nSPS) is 23.9. The number of hydrogen-bond donors (Lipinski definition) is 2. The third kappa shape index (κ3) is 8.02. The molecule has 0 unspecified atom stereocenters. The Bertz CT molecular complexity index is 2390. The Balaban J connectivity index is 1.25. The summed E-state index contributed by atoms with van der Waals surface area (Å²) in [6.07, 6.45) is 6.58. The number of nitrogens with one attached hydrogen (secondary N) is 2. The molecule has 6 bridgehead atoms. The van der Waals surface area contributed by atoms with E-state index in [1.165, 1.54) is 16.3 Å². The number of methoxy groups -OCH3 is 1. The highest BCUT2D eigenvalue weighted by molar-refractivity contribution is 7.11. The highest BCUT2D eigenvalue weighted by Gasteiger charge is 2.55. The summed E-state index contributed by atoms with van der Waals surface area (Å²) >= 11 is 1.41. The monoisotopic (exact) mass is 849 g/mol. The first-order valence-electron chi connectivity index (χ1n) is 20.8. The average Bonchev–Trinajstić information content (AvgIpc) is 3.55. The minimum absolute atomic E-state index is 0.00569. The lowest BCUT2D eigenvalue weighted by Crippen LogP contribution is -2.63. The van der Waals surface area contributed by atoms with E-state index in [0.29, 0.717) is 43.2 Å². The van der Waals surface area contributed by atoms with Crippen LogP contribution < -0.4 is 10.4 Å². The standard InChI is InChI=1S/C44H53N8O6SSi/c1-8-51-33-16-15-27-21-29(33)30(37(51)28-13-10-17-45-36(28)26(4)56-7)22-44(5,6)24-58-41(54)31-14-11-20-52(49-31)43(55)60(42(57-9-2)40-48-32(27)23-59-40)50-39(53)35-25(3)34(35)38-46-18-12-19-47-38/h10,12-13,15-19,21,23,25-26,31,34-35,42,49H,8-9,11,14,20,22,24H2,1-7H3,(H,50,53)/t25-,26+,31+,34+,35+,42+/m1/s1. The van der Waals surface area contributed by atoms with E-state index in [-0.39, 0.29) is 42.6 Å². The molecular formula is C44H53N8O6SSi. The van der Waals surface area contributed by atoms with Crippen molar-refractivity contribution in [2.24, 2.45) is 17.3 Å². The van der Waals surface area contributed by atoms with Gasteiger partial charge in [-0.05, 0) is 81.8 Å². The van der Waals surface area contributed by atoms with Gasteiger partial charge in [0.2, 0.25) is 11.4 Å². The average molecular weight is 850 g/mol. The van der Waals surface area contributed by atoms with Gasteiger partial charge in [-0.3, -0.25) is 24.4 Å². The van der Waals surface area contributed by atoms with Gasteiger partial charge in [-0.1, -0.05) is 26.8 Å². The molecule has 60 heavy (non-hydrogen) atoms. The summed E-state index contributed by atoms with van der Waals surface area (Å²) in [7, 11) is -0.900. The Morgan fingerprint density at radius 2 is 1.92 bits per heavy atom. The number of rotatable bonds is 9. The summed E-state index contributed by atoms with van der Waals surface area (Å²) in [4.78, 5) is 64.9. The largest absolute Gasteiger partial charge is 0.464 e. The summed E-state index contributed by atoms with van der Waals surface area (Å²) < 4.78 is 20.7. The number of aryl methyl sites for hydroxylation is 1. The SMILES string of the molecule is CCO[C@@H]1c2nc(cs2)-c2ccc3c(c2)c(c(-c2cccnc2[C@H](C)OC)n3CC)CC(C)(C)COC(=O)[C@@H]2CCCN(N2)C(=O)[Si]1NC(=O)[C@H]1[C@H](C)[C@@H]1c1ncccn1. The molecule has 1 aromatic carbocycles. The van der Waals surface area contributed by atoms with Crippen molar-refractivity contribution in [3.8, 4) is 22.5 Å². The molecule has 14 nitrogen and oxygen atoms in total. The molecule has 6 heterocycles. The van der Waals surface area contributed by atoms with Crippen molar-refractivity contribution in [1.82, 2.24) is 39.9 Å². The molecule has 1 aliphatic carbocycles. The number of ether oxygens (including phenoxy) is 3. The second kappa shape index (κ2) is 17.2. The van der Waals surface area contributed by atoms with Gasteiger partial charge in [0.05, 0.1) is 35.7 Å². The fourth-order valence-electron chi connectivity index (χ4n) is 8.77. The summed E-state index contributed by atoms with van der Waals surface area (Å²) in [5, 5.41) is 5.14. The zero-order valence-corrected chi connectivity index (χ0v) is 37.0. The van der Waals surface area contributed by atoms with Crippen LogP contribution in [0.15, 0.2) is 60.4 Å². The second-order valence-corrected chi connectivity index (χ2v) is 19.6. The number of carbonyl (C=O) groups excluding carboxylic acids is 3. The lowest BCUT2D eigenvalue weighted by atomic mass is 9.84. The fourth-order valence-corrected chi connectivity index (χ4v) is 12.1. The van der Waals surface area contributed by atoms with Crippen molar-refractivity contribution < 1.29 is 28.6 Å². The highest BCUT2D eigenvalue weighted by atomic mass is 32.1. The van der Waals surface area contributed by atoms with E-state index in [9.17, 15) is 14.4 Å². The van der Waals surface area contributed by atoms with Crippen LogP contribution in [-0.4, -0.2) is 88.8 Å². The predicted octanol–water partition coefficient (Wildman–Crippen LogP) is 6.91. The van der Waals surface area contributed by atoms with Crippen LogP contribution in [0.2, 0.25) is 0 Å². The van der Waals surface area contributed by atoms with Gasteiger partial charge in [0.15, 0.2) is 0 Å². The number of benzene rings is 1. The Morgan fingerprint density at radius 3 is 2.67 bits per heavy atom. The van der Waals surface area contributed by atoms with Crippen LogP contribution in [0.4, 0.5) is 4.79 Å². The van der Waals surface area contributed by atoms with Gasteiger partial charge in [0, 0.05) is 84.1 Å². The Kier molecular flexibility index (Phi) is 12.0. The van der Waals surface area contributed by atoms with Gasteiger partial charge in [0.25, 0.3) is 0 Å². The van der Waals surface area contributed by atoms with E-state index >= 15 is 0 Å². The van der Waals surface area contributed by atoms with Crippen LogP contribution in [0.5, 0.6) is 0 Å². The van der Waals surface area contributed by atoms with Crippen LogP contribution in [-0.2, 0) is 36.8 Å². The van der Waals surface area contributed by atoms with Gasteiger partial charge in [-0.25, -0.2) is 20.4 Å². The molecule has 2 aliphatic heterocycles. The maximum Gasteiger partial charge on any atom is 0.324 e.